The molecule has 2 heteroatoms. The number of rotatable bonds is 3. The second-order valence-electron chi connectivity index (χ2n) is 1.37. The van der Waals surface area contributed by atoms with Crippen molar-refractivity contribution in [3.63, 3.8) is 0 Å². The molecule has 1 radical (unpaired) electrons. The van der Waals surface area contributed by atoms with Crippen LogP contribution in [0.4, 0.5) is 0 Å². The molecule has 0 rings (SSSR count). The van der Waals surface area contributed by atoms with E-state index < -0.39 is 0 Å². The molecule has 0 aliphatic heterocycles. The lowest BCUT2D eigenvalue weighted by Gasteiger charge is -1.84. The maximum absolute atomic E-state index is 7.98. The highest BCUT2D eigenvalue weighted by Crippen LogP contribution is 1.89. The average Bonchev–Trinajstić information content (AvgIpc) is 1.69. The van der Waals surface area contributed by atoms with Crippen molar-refractivity contribution in [3.8, 4) is 6.07 Å². The molecule has 0 aliphatic rings. The van der Waals surface area contributed by atoms with Crippen molar-refractivity contribution >= 4 is 0 Å². The first kappa shape index (κ1) is 6.45. The number of unbranched alkanes of at least 4 members (excludes halogenated alkanes) is 2. The topological polar surface area (TPSA) is 47.6 Å². The molecule has 0 fully saturated rings. The number of hydrogen-bond donors (Lipinski definition) is 0. The molecule has 0 heterocycles. The molecule has 0 unspecified atom stereocenters. The van der Waals surface area contributed by atoms with E-state index in [2.05, 4.69) is 0 Å². The van der Waals surface area contributed by atoms with Crippen LogP contribution in [0.3, 0.4) is 0 Å². The third kappa shape index (κ3) is 5.45. The molecule has 0 bridgehead atoms. The molecule has 0 aliphatic carbocycles. The van der Waals surface area contributed by atoms with Crippen LogP contribution in [0, 0.1) is 11.3 Å². The van der Waals surface area contributed by atoms with E-state index in [-0.39, 0.29) is 0 Å². The second-order valence-corrected chi connectivity index (χ2v) is 1.37. The average molecular weight is 97.1 g/mol. The van der Waals surface area contributed by atoms with Crippen molar-refractivity contribution < 1.29 is 0 Å². The minimum absolute atomic E-state index is 0.460. The predicted molar refractivity (Wildman–Crippen MR) is 27.4 cm³/mol. The first-order valence-electron chi connectivity index (χ1n) is 2.43. The molecule has 0 saturated carbocycles. The summed E-state index contributed by atoms with van der Waals surface area (Å²) in [5, 5.41) is 7.98. The SMILES string of the molecule is N#CCCCC[NH]. The summed E-state index contributed by atoms with van der Waals surface area (Å²) in [6, 6.07) is 2.02. The zero-order valence-corrected chi connectivity index (χ0v) is 4.28. The Balaban J connectivity index is 2.60. The van der Waals surface area contributed by atoms with Gasteiger partial charge in [0.15, 0.2) is 0 Å². The standard InChI is InChI=1S/C5H9N2/c6-4-2-1-3-5-7/h6H,1-4H2. The van der Waals surface area contributed by atoms with E-state index in [1.54, 1.807) is 0 Å². The Morgan fingerprint density at radius 3 is 2.57 bits per heavy atom. The van der Waals surface area contributed by atoms with Crippen LogP contribution < -0.4 is 5.73 Å². The number of hydrogen-bond acceptors (Lipinski definition) is 1. The number of nitrogens with zero attached hydrogens (tertiary/aromatic N) is 1. The smallest absolute Gasteiger partial charge is 0.0621 e. The Kier molecular flexibility index (Phi) is 5.02. The van der Waals surface area contributed by atoms with Crippen LogP contribution in [-0.2, 0) is 0 Å². The molecular weight excluding hydrogens is 88.1 g/mol. The van der Waals surface area contributed by atoms with Gasteiger partial charge in [0.1, 0.15) is 0 Å². The Hall–Kier alpha value is -0.550. The fourth-order valence-electron chi connectivity index (χ4n) is 0.329. The molecular formula is C5H9N2. The summed E-state index contributed by atoms with van der Waals surface area (Å²) < 4.78 is 0. The highest BCUT2D eigenvalue weighted by molar-refractivity contribution is 4.67. The van der Waals surface area contributed by atoms with Gasteiger partial charge in [0.2, 0.25) is 0 Å². The largest absolute Gasteiger partial charge is 0.258 e. The van der Waals surface area contributed by atoms with Crippen molar-refractivity contribution in [2.24, 2.45) is 0 Å². The third-order valence-corrected chi connectivity index (χ3v) is 0.715. The lowest BCUT2D eigenvalue weighted by molar-refractivity contribution is 0.753. The molecule has 0 aromatic heterocycles. The van der Waals surface area contributed by atoms with Crippen LogP contribution in [0.1, 0.15) is 19.3 Å². The minimum Gasteiger partial charge on any atom is -0.258 e. The third-order valence-electron chi connectivity index (χ3n) is 0.715. The maximum Gasteiger partial charge on any atom is 0.0621 e. The van der Waals surface area contributed by atoms with Crippen molar-refractivity contribution in [2.45, 2.75) is 19.3 Å². The van der Waals surface area contributed by atoms with Crippen molar-refractivity contribution in [1.29, 1.82) is 5.26 Å². The van der Waals surface area contributed by atoms with Crippen LogP contribution in [0.5, 0.6) is 0 Å². The fourth-order valence-corrected chi connectivity index (χ4v) is 0.329. The van der Waals surface area contributed by atoms with E-state index in [0.717, 1.165) is 12.8 Å². The lowest BCUT2D eigenvalue weighted by Crippen LogP contribution is -1.82. The first-order valence-corrected chi connectivity index (χ1v) is 2.43. The predicted octanol–water partition coefficient (Wildman–Crippen LogP) is 0.963. The molecule has 39 valence electrons. The quantitative estimate of drug-likeness (QED) is 0.484. The monoisotopic (exact) mass is 97.1 g/mol. The van der Waals surface area contributed by atoms with E-state index in [1.165, 1.54) is 0 Å². The van der Waals surface area contributed by atoms with Gasteiger partial charge in [-0.15, -0.1) is 0 Å². The highest BCUT2D eigenvalue weighted by atomic mass is 14.5. The Morgan fingerprint density at radius 2 is 2.14 bits per heavy atom. The van der Waals surface area contributed by atoms with Gasteiger partial charge in [0, 0.05) is 13.0 Å². The van der Waals surface area contributed by atoms with E-state index in [0.29, 0.717) is 13.0 Å². The Morgan fingerprint density at radius 1 is 1.43 bits per heavy atom. The molecule has 0 aromatic carbocycles. The van der Waals surface area contributed by atoms with Crippen molar-refractivity contribution in [2.75, 3.05) is 6.54 Å². The van der Waals surface area contributed by atoms with E-state index in [9.17, 15) is 0 Å². The van der Waals surface area contributed by atoms with E-state index in [1.807, 2.05) is 6.07 Å². The van der Waals surface area contributed by atoms with Gasteiger partial charge in [-0.2, -0.15) is 5.26 Å². The molecule has 2 nitrogen and oxygen atoms in total. The molecule has 0 spiro atoms. The summed E-state index contributed by atoms with van der Waals surface area (Å²) in [7, 11) is 0. The van der Waals surface area contributed by atoms with Crippen molar-refractivity contribution in [1.82, 2.24) is 5.73 Å². The molecule has 0 aromatic rings. The first-order chi connectivity index (χ1) is 3.41. The summed E-state index contributed by atoms with van der Waals surface area (Å²) in [6.07, 6.45) is 2.37. The number of nitriles is 1. The van der Waals surface area contributed by atoms with Crippen LogP contribution >= 0.6 is 0 Å². The van der Waals surface area contributed by atoms with Crippen LogP contribution in [0.25, 0.3) is 0 Å². The Labute approximate surface area is 43.9 Å². The summed E-state index contributed by atoms with van der Waals surface area (Å²) in [5.74, 6) is 0. The Bertz CT molecular complexity index is 63.0. The van der Waals surface area contributed by atoms with Gasteiger partial charge in [-0.3, -0.25) is 5.73 Å². The summed E-state index contributed by atoms with van der Waals surface area (Å²) in [6.45, 7) is 0.460. The van der Waals surface area contributed by atoms with Gasteiger partial charge < -0.3 is 0 Å². The fraction of sp³-hybridized carbons (Fsp3) is 0.800. The minimum atomic E-state index is 0.460. The lowest BCUT2D eigenvalue weighted by atomic mass is 10.2. The van der Waals surface area contributed by atoms with Gasteiger partial charge in [-0.25, -0.2) is 0 Å². The normalized spacial score (nSPS) is 8.00. The second kappa shape index (κ2) is 5.45. The van der Waals surface area contributed by atoms with Crippen molar-refractivity contribution in [3.05, 3.63) is 0 Å². The molecule has 1 N–H and O–H groups in total. The van der Waals surface area contributed by atoms with E-state index >= 15 is 0 Å². The van der Waals surface area contributed by atoms with Gasteiger partial charge in [-0.05, 0) is 12.8 Å². The van der Waals surface area contributed by atoms with E-state index in [4.69, 9.17) is 11.0 Å². The van der Waals surface area contributed by atoms with Gasteiger partial charge >= 0.3 is 0 Å². The zero-order chi connectivity index (χ0) is 5.54. The van der Waals surface area contributed by atoms with Crippen LogP contribution in [-0.4, -0.2) is 6.54 Å². The summed E-state index contributed by atoms with van der Waals surface area (Å²) in [5.41, 5.74) is 6.67. The highest BCUT2D eigenvalue weighted by Gasteiger charge is 1.80. The molecule has 0 amide bonds. The molecule has 0 saturated heterocycles. The van der Waals surface area contributed by atoms with Gasteiger partial charge in [0.25, 0.3) is 0 Å². The summed E-state index contributed by atoms with van der Waals surface area (Å²) >= 11 is 0. The molecule has 7 heavy (non-hydrogen) atoms. The maximum atomic E-state index is 7.98. The van der Waals surface area contributed by atoms with Gasteiger partial charge in [-0.1, -0.05) is 0 Å². The zero-order valence-electron chi connectivity index (χ0n) is 4.28. The summed E-state index contributed by atoms with van der Waals surface area (Å²) in [4.78, 5) is 0. The number of nitrogens with one attached hydrogen (secondary N) is 1. The molecule has 0 atom stereocenters. The van der Waals surface area contributed by atoms with Crippen LogP contribution in [0.2, 0.25) is 0 Å². The van der Waals surface area contributed by atoms with Gasteiger partial charge in [0.05, 0.1) is 6.07 Å². The van der Waals surface area contributed by atoms with Crippen LogP contribution in [0.15, 0.2) is 0 Å².